The molecule has 0 bridgehead atoms. The van der Waals surface area contributed by atoms with E-state index in [4.69, 9.17) is 14.2 Å². The van der Waals surface area contributed by atoms with Gasteiger partial charge < -0.3 is 44.7 Å². The highest BCUT2D eigenvalue weighted by atomic mass is 32.3. The summed E-state index contributed by atoms with van der Waals surface area (Å²) in [5.41, 5.74) is 1.52. The lowest BCUT2D eigenvalue weighted by molar-refractivity contribution is -0.117. The number of nitrogens with one attached hydrogen (secondary N) is 3. The summed E-state index contributed by atoms with van der Waals surface area (Å²) in [6, 6.07) is 17.0. The predicted molar refractivity (Wildman–Crippen MR) is 259 cm³/mol. The number of rotatable bonds is 17. The summed E-state index contributed by atoms with van der Waals surface area (Å²) < 4.78 is 51.7. The second kappa shape index (κ2) is 20.7. The molecule has 2 aromatic heterocycles. The summed E-state index contributed by atoms with van der Waals surface area (Å²) in [4.78, 5) is 66.0. The summed E-state index contributed by atoms with van der Waals surface area (Å²) in [7, 11) is -3.13. The Labute approximate surface area is 404 Å². The van der Waals surface area contributed by atoms with Crippen molar-refractivity contribution in [1.29, 1.82) is 0 Å². The van der Waals surface area contributed by atoms with Gasteiger partial charge in [-0.25, -0.2) is 28.0 Å². The molecule has 368 valence electrons. The zero-order valence-corrected chi connectivity index (χ0v) is 40.7. The van der Waals surface area contributed by atoms with Crippen molar-refractivity contribution in [2.24, 2.45) is 0 Å². The summed E-state index contributed by atoms with van der Waals surface area (Å²) in [6.07, 6.45) is 3.58. The molecule has 5 heterocycles. The van der Waals surface area contributed by atoms with Crippen LogP contribution in [0.15, 0.2) is 89.7 Å². The molecule has 3 unspecified atom stereocenters. The number of carboxylic acid groups (broad SMARTS) is 1. The van der Waals surface area contributed by atoms with Crippen LogP contribution in [0.5, 0.6) is 5.75 Å². The minimum atomic E-state index is -3.13. The first kappa shape index (κ1) is 49.1. The molecule has 3 aliphatic heterocycles. The van der Waals surface area contributed by atoms with Gasteiger partial charge in [-0.05, 0) is 110 Å². The molecule has 3 saturated heterocycles. The Morgan fingerprint density at radius 3 is 2.30 bits per heavy atom. The number of aromatic nitrogens is 3. The Morgan fingerprint density at radius 2 is 1.70 bits per heavy atom. The summed E-state index contributed by atoms with van der Waals surface area (Å²) in [5, 5.41) is 20.0. The number of aromatic carboxylic acids is 1. The molecule has 4 N–H and O–H groups in total. The van der Waals surface area contributed by atoms with Crippen LogP contribution in [0.4, 0.5) is 35.4 Å². The largest absolute Gasteiger partial charge is 0.488 e. The predicted octanol–water partition coefficient (Wildman–Crippen LogP) is 7.72. The SMILES string of the molecule is CCCCNC(=O)NS1(c2ccc(N3CCN(c4ccc(OC[C@H]5OC[C@](Cn6cncn6)(c6ccc(F)cc6F)O5)cc4)CC3)cc2)C(=O)N(C(C)C)C(C)C1C(=O)Nc1c(C)csc1C(=O)O. The molecule has 17 nitrogen and oxygen atoms in total. The summed E-state index contributed by atoms with van der Waals surface area (Å²) in [6.45, 7) is 12.5. The molecular weight excluding hydrogens is 933 g/mol. The molecule has 0 spiro atoms. The molecule has 5 atom stereocenters. The van der Waals surface area contributed by atoms with Gasteiger partial charge >= 0.3 is 12.0 Å². The van der Waals surface area contributed by atoms with Crippen LogP contribution < -0.4 is 29.9 Å². The number of hydrogen-bond donors (Lipinski definition) is 4. The number of piperazine rings is 1. The number of nitrogens with zero attached hydrogens (tertiary/aromatic N) is 6. The van der Waals surface area contributed by atoms with Crippen molar-refractivity contribution in [3.05, 3.63) is 112 Å². The molecular formula is C48H57F2N9O8S2. The Hall–Kier alpha value is -6.29. The number of aryl methyl sites for hydroxylation is 1. The zero-order chi connectivity index (χ0) is 49.0. The number of amides is 4. The smallest absolute Gasteiger partial charge is 0.348 e. The van der Waals surface area contributed by atoms with Gasteiger partial charge in [-0.3, -0.25) is 14.3 Å². The summed E-state index contributed by atoms with van der Waals surface area (Å²) in [5.74, 6) is -2.60. The Balaban J connectivity index is 0.940. The van der Waals surface area contributed by atoms with Gasteiger partial charge in [0.25, 0.3) is 5.24 Å². The third-order valence-corrected chi connectivity index (χ3v) is 17.4. The lowest BCUT2D eigenvalue weighted by Gasteiger charge is -2.40. The van der Waals surface area contributed by atoms with Crippen LogP contribution in [-0.4, -0.2) is 117 Å². The molecule has 0 aliphatic carbocycles. The van der Waals surface area contributed by atoms with Gasteiger partial charge in [0.1, 0.15) is 52.4 Å². The fourth-order valence-corrected chi connectivity index (χ4v) is 13.9. The summed E-state index contributed by atoms with van der Waals surface area (Å²) >= 11 is 1.01. The lowest BCUT2D eigenvalue weighted by atomic mass is 9.94. The van der Waals surface area contributed by atoms with Crippen LogP contribution in [0.3, 0.4) is 0 Å². The highest BCUT2D eigenvalue weighted by molar-refractivity contribution is 8.45. The monoisotopic (exact) mass is 989 g/mol. The molecule has 21 heteroatoms. The van der Waals surface area contributed by atoms with E-state index in [1.54, 1.807) is 24.1 Å². The number of urea groups is 1. The van der Waals surface area contributed by atoms with Crippen LogP contribution in [0.2, 0.25) is 0 Å². The van der Waals surface area contributed by atoms with Crippen LogP contribution in [0.25, 0.3) is 0 Å². The van der Waals surface area contributed by atoms with Crippen LogP contribution in [-0.2, 0) is 26.4 Å². The fourth-order valence-electron chi connectivity index (χ4n) is 9.25. The van der Waals surface area contributed by atoms with Gasteiger partial charge in [0.15, 0.2) is 6.29 Å². The average Bonchev–Trinajstić information content (AvgIpc) is 4.12. The number of anilines is 3. The Kier molecular flexibility index (Phi) is 14.8. The van der Waals surface area contributed by atoms with Crippen LogP contribution in [0, 0.1) is 18.6 Å². The molecule has 0 radical (unpaired) electrons. The van der Waals surface area contributed by atoms with E-state index >= 15 is 4.39 Å². The lowest BCUT2D eigenvalue weighted by Crippen LogP contribution is -2.47. The van der Waals surface area contributed by atoms with Gasteiger partial charge in [-0.1, -0.05) is 19.4 Å². The number of hydrogen-bond acceptors (Lipinski definition) is 12. The molecule has 69 heavy (non-hydrogen) atoms. The normalized spacial score (nSPS) is 23.5. The van der Waals surface area contributed by atoms with E-state index in [1.807, 2.05) is 69.3 Å². The molecule has 5 aromatic rings. The van der Waals surface area contributed by atoms with E-state index in [9.17, 15) is 28.7 Å². The van der Waals surface area contributed by atoms with E-state index < -0.39 is 62.9 Å². The van der Waals surface area contributed by atoms with Gasteiger partial charge in [0.05, 0.1) is 24.9 Å². The van der Waals surface area contributed by atoms with Crippen molar-refractivity contribution in [3.8, 4) is 5.75 Å². The second-order valence-electron chi connectivity index (χ2n) is 17.6. The van der Waals surface area contributed by atoms with Gasteiger partial charge in [-0.2, -0.15) is 5.10 Å². The highest BCUT2D eigenvalue weighted by Crippen LogP contribution is 2.64. The van der Waals surface area contributed by atoms with Crippen molar-refractivity contribution in [3.63, 3.8) is 0 Å². The van der Waals surface area contributed by atoms with Crippen molar-refractivity contribution in [2.45, 2.75) is 88.1 Å². The number of carbonyl (C=O) groups is 4. The number of unbranched alkanes of at least 4 members (excludes halogenated alkanes) is 1. The maximum absolute atomic E-state index is 15.1. The third-order valence-electron chi connectivity index (χ3n) is 12.7. The van der Waals surface area contributed by atoms with Crippen molar-refractivity contribution >= 4 is 61.8 Å². The average molecular weight is 990 g/mol. The zero-order valence-electron chi connectivity index (χ0n) is 39.0. The molecule has 3 aromatic carbocycles. The molecule has 4 amide bonds. The van der Waals surface area contributed by atoms with E-state index in [0.717, 1.165) is 41.6 Å². The van der Waals surface area contributed by atoms with Crippen molar-refractivity contribution in [1.82, 2.24) is 29.7 Å². The van der Waals surface area contributed by atoms with E-state index in [-0.39, 0.29) is 47.2 Å². The third kappa shape index (κ3) is 10.1. The standard InChI is InChI=1S/C48H57F2N9O8S2/c1-6-7-18-52-46(63)55-69(43(32(5)59(30(2)3)47(69)64)44(60)54-41-31(4)25-68-42(41)45(61)62)37-15-11-35(12-16-37)57-21-19-56(20-22-57)34-9-13-36(14-10-34)65-24-40-66-27-48(67-40,26-58-29-51-28-53-58)38-17-8-33(49)23-39(38)50/h8-17,23,25,28-30,32,40,43H,6-7,18-22,24,26-27H2,1-5H3,(H,54,60)(H,61,62)(H2,52,55,63)/t32?,40-,43?,48+/m0/s1. The van der Waals surface area contributed by atoms with Crippen molar-refractivity contribution < 1.29 is 47.3 Å². The maximum atomic E-state index is 15.1. The first-order valence-electron chi connectivity index (χ1n) is 22.9. The fraction of sp³-hybridized carbons (Fsp3) is 0.417. The minimum absolute atomic E-state index is 0.0150. The molecule has 8 rings (SSSR count). The number of halogens is 2. The number of carbonyl (C=O) groups excluding carboxylic acids is 3. The molecule has 3 aliphatic rings. The van der Waals surface area contributed by atoms with Crippen molar-refractivity contribution in [2.75, 3.05) is 61.1 Å². The first-order valence-corrected chi connectivity index (χ1v) is 25.4. The van der Waals surface area contributed by atoms with Gasteiger partial charge in [-0.15, -0.1) is 11.3 Å². The maximum Gasteiger partial charge on any atom is 0.348 e. The molecule has 0 saturated carbocycles. The van der Waals surface area contributed by atoms with E-state index in [1.165, 1.54) is 29.5 Å². The quantitative estimate of drug-likeness (QED) is 0.0665. The number of thiophene rings is 1. The van der Waals surface area contributed by atoms with E-state index in [0.29, 0.717) is 48.9 Å². The first-order chi connectivity index (χ1) is 33.1. The Morgan fingerprint density at radius 1 is 1.01 bits per heavy atom. The van der Waals surface area contributed by atoms with E-state index in [2.05, 4.69) is 35.2 Å². The number of carboxylic acids is 1. The van der Waals surface area contributed by atoms with Crippen LogP contribution in [0.1, 0.15) is 61.3 Å². The topological polar surface area (TPSA) is 193 Å². The van der Waals surface area contributed by atoms with Gasteiger partial charge in [0.2, 0.25) is 5.91 Å². The Bertz CT molecular complexity index is 2630. The number of benzene rings is 3. The minimum Gasteiger partial charge on any atom is -0.488 e. The number of ether oxygens (including phenoxy) is 3. The molecule has 3 fully saturated rings. The van der Waals surface area contributed by atoms with Gasteiger partial charge in [0, 0.05) is 66.7 Å². The van der Waals surface area contributed by atoms with Crippen LogP contribution >= 0.6 is 21.6 Å². The highest BCUT2D eigenvalue weighted by Gasteiger charge is 2.60. The second-order valence-corrected chi connectivity index (χ2v) is 21.3.